The highest BCUT2D eigenvalue weighted by molar-refractivity contribution is 7.89. The molecule has 5 nitrogen and oxygen atoms in total. The molecule has 0 aliphatic heterocycles. The van der Waals surface area contributed by atoms with Gasteiger partial charge in [-0.3, -0.25) is 4.21 Å². The molecular formula is C13H17NO4S2. The number of aliphatic hydroxyl groups is 1. The first-order chi connectivity index (χ1) is 9.36. The first-order valence-corrected chi connectivity index (χ1v) is 8.99. The Kier molecular flexibility index (Phi) is 6.36. The van der Waals surface area contributed by atoms with Gasteiger partial charge in [-0.15, -0.1) is 0 Å². The summed E-state index contributed by atoms with van der Waals surface area (Å²) in [5.74, 6) is 5.11. The van der Waals surface area contributed by atoms with Crippen LogP contribution in [0.5, 0.6) is 0 Å². The minimum atomic E-state index is -3.65. The highest BCUT2D eigenvalue weighted by Crippen LogP contribution is 2.11. The smallest absolute Gasteiger partial charge is 0.240 e. The van der Waals surface area contributed by atoms with Crippen molar-refractivity contribution in [2.45, 2.75) is 17.1 Å². The van der Waals surface area contributed by atoms with E-state index in [2.05, 4.69) is 16.6 Å². The van der Waals surface area contributed by atoms with Gasteiger partial charge in [0.25, 0.3) is 0 Å². The van der Waals surface area contributed by atoms with Crippen LogP contribution < -0.4 is 4.72 Å². The number of benzene rings is 1. The zero-order chi connectivity index (χ0) is 15.2. The largest absolute Gasteiger partial charge is 0.384 e. The summed E-state index contributed by atoms with van der Waals surface area (Å²) in [6.45, 7) is 1.54. The molecule has 7 heteroatoms. The molecule has 0 aliphatic carbocycles. The van der Waals surface area contributed by atoms with Gasteiger partial charge in [-0.25, -0.2) is 13.1 Å². The maximum absolute atomic E-state index is 12.1. The Morgan fingerprint density at radius 3 is 2.75 bits per heavy atom. The Labute approximate surface area is 121 Å². The van der Waals surface area contributed by atoms with Crippen molar-refractivity contribution in [3.63, 3.8) is 0 Å². The zero-order valence-corrected chi connectivity index (χ0v) is 12.9. The van der Waals surface area contributed by atoms with Crippen molar-refractivity contribution >= 4 is 20.8 Å². The van der Waals surface area contributed by atoms with Gasteiger partial charge in [-0.05, 0) is 25.1 Å². The summed E-state index contributed by atoms with van der Waals surface area (Å²) in [5.41, 5.74) is 0.508. The number of aliphatic hydroxyl groups excluding tert-OH is 1. The van der Waals surface area contributed by atoms with Crippen molar-refractivity contribution in [3.8, 4) is 11.8 Å². The molecule has 0 heterocycles. The third kappa shape index (κ3) is 5.06. The predicted molar refractivity (Wildman–Crippen MR) is 79.1 cm³/mol. The average molecular weight is 315 g/mol. The molecule has 0 saturated carbocycles. The van der Waals surface area contributed by atoms with E-state index in [4.69, 9.17) is 5.11 Å². The van der Waals surface area contributed by atoms with E-state index in [0.717, 1.165) is 0 Å². The second-order valence-corrected chi connectivity index (χ2v) is 7.72. The van der Waals surface area contributed by atoms with E-state index in [-0.39, 0.29) is 23.3 Å². The molecule has 0 saturated heterocycles. The van der Waals surface area contributed by atoms with Crippen LogP contribution in [0.4, 0.5) is 0 Å². The lowest BCUT2D eigenvalue weighted by molar-refractivity contribution is 0.350. The topological polar surface area (TPSA) is 83.5 Å². The molecule has 2 N–H and O–H groups in total. The van der Waals surface area contributed by atoms with Crippen LogP contribution in [0.3, 0.4) is 0 Å². The number of rotatable bonds is 5. The van der Waals surface area contributed by atoms with Crippen LogP contribution in [0.25, 0.3) is 0 Å². The highest BCUT2D eigenvalue weighted by Gasteiger charge is 2.16. The van der Waals surface area contributed by atoms with E-state index in [1.165, 1.54) is 18.4 Å². The maximum Gasteiger partial charge on any atom is 0.240 e. The van der Waals surface area contributed by atoms with Crippen LogP contribution in [0.1, 0.15) is 12.5 Å². The van der Waals surface area contributed by atoms with Gasteiger partial charge in [-0.1, -0.05) is 17.9 Å². The van der Waals surface area contributed by atoms with E-state index >= 15 is 0 Å². The Balaban J connectivity index is 2.90. The Morgan fingerprint density at radius 1 is 1.45 bits per heavy atom. The Morgan fingerprint density at radius 2 is 2.15 bits per heavy atom. The molecule has 2 unspecified atom stereocenters. The summed E-state index contributed by atoms with van der Waals surface area (Å²) >= 11 is 0. The molecule has 0 aromatic heterocycles. The molecule has 0 amide bonds. The fourth-order valence-electron chi connectivity index (χ4n) is 1.31. The minimum Gasteiger partial charge on any atom is -0.384 e. The van der Waals surface area contributed by atoms with Gasteiger partial charge in [-0.2, -0.15) is 0 Å². The fraction of sp³-hybridized carbons (Fsp3) is 0.385. The highest BCUT2D eigenvalue weighted by atomic mass is 32.2. The number of hydrogen-bond donors (Lipinski definition) is 2. The second-order valence-electron chi connectivity index (χ2n) is 4.15. The summed E-state index contributed by atoms with van der Waals surface area (Å²) in [6.07, 6.45) is 1.53. The third-order valence-corrected chi connectivity index (χ3v) is 5.30. The monoisotopic (exact) mass is 315 g/mol. The van der Waals surface area contributed by atoms with Crippen molar-refractivity contribution in [2.75, 3.05) is 19.4 Å². The lowest BCUT2D eigenvalue weighted by atomic mass is 10.2. The first-order valence-electron chi connectivity index (χ1n) is 5.88. The normalized spacial score (nSPS) is 14.2. The summed E-state index contributed by atoms with van der Waals surface area (Å²) in [5, 5.41) is 8.36. The van der Waals surface area contributed by atoms with E-state index in [1.54, 1.807) is 19.1 Å². The van der Waals surface area contributed by atoms with Gasteiger partial charge in [0.15, 0.2) is 0 Å². The number of nitrogens with one attached hydrogen (secondary N) is 1. The van der Waals surface area contributed by atoms with Crippen LogP contribution in [0.15, 0.2) is 29.2 Å². The van der Waals surface area contributed by atoms with E-state index in [0.29, 0.717) is 5.56 Å². The Hall–Kier alpha value is -1.20. The molecule has 0 aliphatic rings. The fourth-order valence-corrected chi connectivity index (χ4v) is 2.91. The minimum absolute atomic E-state index is 0.0938. The number of hydrogen-bond acceptors (Lipinski definition) is 4. The summed E-state index contributed by atoms with van der Waals surface area (Å²) in [4.78, 5) is 0.0938. The predicted octanol–water partition coefficient (Wildman–Crippen LogP) is 0.0757. The molecule has 110 valence electrons. The SMILES string of the molecule is CC(CNS(=O)(=O)c1cccc(C#CCO)c1)S(C)=O. The molecule has 1 rings (SSSR count). The average Bonchev–Trinajstić information content (AvgIpc) is 2.42. The Bertz CT molecular complexity index is 644. The lowest BCUT2D eigenvalue weighted by Crippen LogP contribution is -2.32. The lowest BCUT2D eigenvalue weighted by Gasteiger charge is -2.10. The van der Waals surface area contributed by atoms with E-state index < -0.39 is 20.8 Å². The molecule has 1 aromatic rings. The summed E-state index contributed by atoms with van der Waals surface area (Å²) in [7, 11) is -4.74. The summed E-state index contributed by atoms with van der Waals surface area (Å²) in [6, 6.07) is 6.13. The molecule has 20 heavy (non-hydrogen) atoms. The molecule has 2 atom stereocenters. The van der Waals surface area contributed by atoms with Gasteiger partial charge in [0.1, 0.15) is 6.61 Å². The second kappa shape index (κ2) is 7.55. The van der Waals surface area contributed by atoms with Crippen LogP contribution in [0, 0.1) is 11.8 Å². The molecule has 0 radical (unpaired) electrons. The standard InChI is InChI=1S/C13H17NO4S2/c1-11(19(2)16)10-14-20(17,18)13-7-3-5-12(9-13)6-4-8-15/h3,5,7,9,11,14-15H,8,10H2,1-2H3. The van der Waals surface area contributed by atoms with Crippen molar-refractivity contribution < 1.29 is 17.7 Å². The molecule has 1 aromatic carbocycles. The number of sulfonamides is 1. The molecule has 0 fully saturated rings. The van der Waals surface area contributed by atoms with Crippen LogP contribution in [-0.2, 0) is 20.8 Å². The van der Waals surface area contributed by atoms with Gasteiger partial charge in [0, 0.05) is 34.4 Å². The van der Waals surface area contributed by atoms with Crippen molar-refractivity contribution in [1.82, 2.24) is 4.72 Å². The maximum atomic E-state index is 12.1. The van der Waals surface area contributed by atoms with Gasteiger partial charge in [0.2, 0.25) is 10.0 Å². The third-order valence-electron chi connectivity index (χ3n) is 2.58. The van der Waals surface area contributed by atoms with Crippen LogP contribution >= 0.6 is 0 Å². The van der Waals surface area contributed by atoms with Gasteiger partial charge >= 0.3 is 0 Å². The zero-order valence-electron chi connectivity index (χ0n) is 11.3. The van der Waals surface area contributed by atoms with E-state index in [9.17, 15) is 12.6 Å². The van der Waals surface area contributed by atoms with Crippen LogP contribution in [0.2, 0.25) is 0 Å². The van der Waals surface area contributed by atoms with Gasteiger partial charge in [0.05, 0.1) is 4.90 Å². The van der Waals surface area contributed by atoms with Crippen LogP contribution in [-0.4, -0.2) is 42.4 Å². The molecular weight excluding hydrogens is 298 g/mol. The molecule has 0 bridgehead atoms. The summed E-state index contributed by atoms with van der Waals surface area (Å²) < 4.78 is 37.8. The van der Waals surface area contributed by atoms with Crippen molar-refractivity contribution in [3.05, 3.63) is 29.8 Å². The van der Waals surface area contributed by atoms with Gasteiger partial charge < -0.3 is 5.11 Å². The first kappa shape index (κ1) is 16.9. The molecule has 0 spiro atoms. The van der Waals surface area contributed by atoms with Crippen molar-refractivity contribution in [2.24, 2.45) is 0 Å². The quantitative estimate of drug-likeness (QED) is 0.754. The van der Waals surface area contributed by atoms with Crippen molar-refractivity contribution in [1.29, 1.82) is 0 Å². The van der Waals surface area contributed by atoms with E-state index in [1.807, 2.05) is 0 Å².